The second-order valence-corrected chi connectivity index (χ2v) is 4.71. The molecule has 2 fully saturated rings. The molecule has 92 valence electrons. The summed E-state index contributed by atoms with van der Waals surface area (Å²) in [5.41, 5.74) is 0.956. The molecule has 0 N–H and O–H groups in total. The van der Waals surface area contributed by atoms with E-state index >= 15 is 0 Å². The molecule has 17 heavy (non-hydrogen) atoms. The Bertz CT molecular complexity index is 410. The minimum atomic E-state index is -1.67. The molecular weight excluding hydrogens is 244 g/mol. The van der Waals surface area contributed by atoms with Gasteiger partial charge in [0.1, 0.15) is 12.2 Å². The zero-order valence-electron chi connectivity index (χ0n) is 8.98. The highest BCUT2D eigenvalue weighted by Crippen LogP contribution is 2.29. The molecule has 6 heteroatoms. The molecule has 0 aromatic heterocycles. The van der Waals surface area contributed by atoms with E-state index < -0.39 is 17.7 Å². The van der Waals surface area contributed by atoms with Gasteiger partial charge in [0.05, 0.1) is 13.2 Å². The molecular formula is C11H12O5S. The van der Waals surface area contributed by atoms with Crippen molar-refractivity contribution in [2.24, 2.45) is 0 Å². The van der Waals surface area contributed by atoms with Gasteiger partial charge in [-0.2, -0.15) is 4.21 Å². The van der Waals surface area contributed by atoms with Crippen LogP contribution >= 0.6 is 0 Å². The highest BCUT2D eigenvalue weighted by Gasteiger charge is 2.38. The van der Waals surface area contributed by atoms with E-state index in [4.69, 9.17) is 17.8 Å². The average molecular weight is 256 g/mol. The van der Waals surface area contributed by atoms with Crippen molar-refractivity contribution in [1.29, 1.82) is 0 Å². The molecule has 2 unspecified atom stereocenters. The first-order chi connectivity index (χ1) is 8.33. The summed E-state index contributed by atoms with van der Waals surface area (Å²) in [7, 11) is 0. The van der Waals surface area contributed by atoms with Crippen LogP contribution in [-0.4, -0.2) is 29.6 Å². The van der Waals surface area contributed by atoms with Gasteiger partial charge in [-0.25, -0.2) is 0 Å². The van der Waals surface area contributed by atoms with Gasteiger partial charge < -0.3 is 9.47 Å². The standard InChI is InChI=1S/C11H12O5S/c12-17-14-7-9-10(16-17)6-13-11(15-9)8-4-2-1-3-5-8/h1-5,9-11H,6-7H2/t9-,10?,11?,17-/m0/s1. The van der Waals surface area contributed by atoms with Crippen LogP contribution in [0.1, 0.15) is 11.9 Å². The van der Waals surface area contributed by atoms with Crippen LogP contribution in [-0.2, 0) is 29.2 Å². The fourth-order valence-electron chi connectivity index (χ4n) is 1.85. The number of ether oxygens (including phenoxy) is 2. The van der Waals surface area contributed by atoms with E-state index in [1.807, 2.05) is 30.3 Å². The predicted octanol–water partition coefficient (Wildman–Crippen LogP) is 1.09. The van der Waals surface area contributed by atoms with Gasteiger partial charge in [-0.3, -0.25) is 8.37 Å². The first kappa shape index (κ1) is 11.3. The van der Waals surface area contributed by atoms with Crippen LogP contribution < -0.4 is 0 Å². The molecule has 2 heterocycles. The third-order valence-corrected chi connectivity index (χ3v) is 3.46. The lowest BCUT2D eigenvalue weighted by Crippen LogP contribution is -2.48. The maximum atomic E-state index is 11.0. The van der Waals surface area contributed by atoms with Crippen LogP contribution in [0.4, 0.5) is 0 Å². The lowest BCUT2D eigenvalue weighted by molar-refractivity contribution is -0.263. The lowest BCUT2D eigenvalue weighted by atomic mass is 10.1. The summed E-state index contributed by atoms with van der Waals surface area (Å²) in [5.74, 6) is 0. The van der Waals surface area contributed by atoms with Crippen molar-refractivity contribution in [2.45, 2.75) is 18.5 Å². The van der Waals surface area contributed by atoms with Gasteiger partial charge in [0.2, 0.25) is 0 Å². The molecule has 0 aliphatic carbocycles. The van der Waals surface area contributed by atoms with Gasteiger partial charge in [-0.05, 0) is 0 Å². The molecule has 1 aromatic rings. The van der Waals surface area contributed by atoms with E-state index in [2.05, 4.69) is 0 Å². The van der Waals surface area contributed by atoms with E-state index in [0.29, 0.717) is 6.61 Å². The molecule has 0 spiro atoms. The van der Waals surface area contributed by atoms with E-state index in [1.165, 1.54) is 0 Å². The summed E-state index contributed by atoms with van der Waals surface area (Å²) in [6, 6.07) is 9.67. The average Bonchev–Trinajstić information content (AvgIpc) is 2.39. The predicted molar refractivity (Wildman–Crippen MR) is 59.0 cm³/mol. The number of hydrogen-bond acceptors (Lipinski definition) is 5. The quantitative estimate of drug-likeness (QED) is 0.753. The Morgan fingerprint density at radius 2 is 1.94 bits per heavy atom. The van der Waals surface area contributed by atoms with Gasteiger partial charge in [0.25, 0.3) is 0 Å². The van der Waals surface area contributed by atoms with Crippen molar-refractivity contribution in [3.05, 3.63) is 35.9 Å². The van der Waals surface area contributed by atoms with Crippen LogP contribution in [0.5, 0.6) is 0 Å². The van der Waals surface area contributed by atoms with Crippen molar-refractivity contribution >= 4 is 11.4 Å². The van der Waals surface area contributed by atoms with Crippen molar-refractivity contribution in [1.82, 2.24) is 0 Å². The minimum Gasteiger partial charge on any atom is -0.346 e. The molecule has 2 aliphatic heterocycles. The normalized spacial score (nSPS) is 37.4. The van der Waals surface area contributed by atoms with Gasteiger partial charge >= 0.3 is 11.4 Å². The zero-order chi connectivity index (χ0) is 11.7. The van der Waals surface area contributed by atoms with Crippen LogP contribution in [0.25, 0.3) is 0 Å². The van der Waals surface area contributed by atoms with E-state index in [1.54, 1.807) is 0 Å². The van der Waals surface area contributed by atoms with E-state index in [9.17, 15) is 4.21 Å². The highest BCUT2D eigenvalue weighted by atomic mass is 32.2. The monoisotopic (exact) mass is 256 g/mol. The Balaban J connectivity index is 1.70. The number of benzene rings is 1. The van der Waals surface area contributed by atoms with Gasteiger partial charge in [-0.15, -0.1) is 0 Å². The number of fused-ring (bicyclic) bond motifs is 1. The van der Waals surface area contributed by atoms with Crippen LogP contribution in [0, 0.1) is 0 Å². The first-order valence-electron chi connectivity index (χ1n) is 5.37. The minimum absolute atomic E-state index is 0.230. The molecule has 0 radical (unpaired) electrons. The Morgan fingerprint density at radius 3 is 2.76 bits per heavy atom. The topological polar surface area (TPSA) is 54.0 Å². The van der Waals surface area contributed by atoms with Crippen LogP contribution in [0.2, 0.25) is 0 Å². The summed E-state index contributed by atoms with van der Waals surface area (Å²) in [6.07, 6.45) is -0.951. The molecule has 0 bridgehead atoms. The molecule has 4 atom stereocenters. The maximum absolute atomic E-state index is 11.0. The fourth-order valence-corrected chi connectivity index (χ4v) is 2.53. The Morgan fingerprint density at radius 1 is 1.12 bits per heavy atom. The number of hydrogen-bond donors (Lipinski definition) is 0. The molecule has 5 nitrogen and oxygen atoms in total. The fraction of sp³-hybridized carbons (Fsp3) is 0.455. The van der Waals surface area contributed by atoms with Gasteiger partial charge in [0, 0.05) is 5.56 Å². The SMILES string of the molecule is O=[S@]1OC[C@@H]2OC(c3ccccc3)OCC2O1. The van der Waals surface area contributed by atoms with Gasteiger partial charge in [-0.1, -0.05) is 30.3 Å². The van der Waals surface area contributed by atoms with Crippen molar-refractivity contribution in [3.63, 3.8) is 0 Å². The second-order valence-electron chi connectivity index (χ2n) is 3.87. The third-order valence-electron chi connectivity index (χ3n) is 2.73. The molecule has 3 rings (SSSR count). The molecule has 2 aliphatic rings. The van der Waals surface area contributed by atoms with Crippen molar-refractivity contribution in [3.8, 4) is 0 Å². The van der Waals surface area contributed by atoms with E-state index in [0.717, 1.165) is 5.56 Å². The van der Waals surface area contributed by atoms with Gasteiger partial charge in [0.15, 0.2) is 6.29 Å². The summed E-state index contributed by atoms with van der Waals surface area (Å²) >= 11 is -1.67. The lowest BCUT2D eigenvalue weighted by Gasteiger charge is -2.37. The van der Waals surface area contributed by atoms with Crippen LogP contribution in [0.3, 0.4) is 0 Å². The summed E-state index contributed by atoms with van der Waals surface area (Å²) in [5, 5.41) is 0. The van der Waals surface area contributed by atoms with Crippen LogP contribution in [0.15, 0.2) is 30.3 Å². The largest absolute Gasteiger partial charge is 0.346 e. The summed E-state index contributed by atoms with van der Waals surface area (Å²) in [4.78, 5) is 0. The third kappa shape index (κ3) is 2.41. The number of rotatable bonds is 1. The Hall–Kier alpha value is -0.790. The second kappa shape index (κ2) is 4.83. The maximum Gasteiger partial charge on any atom is 0.305 e. The highest BCUT2D eigenvalue weighted by molar-refractivity contribution is 7.75. The smallest absolute Gasteiger partial charge is 0.305 e. The molecule has 2 saturated heterocycles. The first-order valence-corrected chi connectivity index (χ1v) is 6.37. The van der Waals surface area contributed by atoms with Crippen molar-refractivity contribution in [2.75, 3.05) is 13.2 Å². The summed E-state index contributed by atoms with van der Waals surface area (Å²) in [6.45, 7) is 0.628. The van der Waals surface area contributed by atoms with E-state index in [-0.39, 0.29) is 18.8 Å². The Labute approximate surface area is 101 Å². The molecule has 0 saturated carbocycles. The summed E-state index contributed by atoms with van der Waals surface area (Å²) < 4.78 is 32.3. The molecule has 0 amide bonds. The van der Waals surface area contributed by atoms with Crippen molar-refractivity contribution < 1.29 is 22.0 Å². The zero-order valence-corrected chi connectivity index (χ0v) is 9.80. The Kier molecular flexibility index (Phi) is 3.21. The molecule has 1 aromatic carbocycles.